The number of aryl methyl sites for hydroxylation is 2. The van der Waals surface area contributed by atoms with Crippen LogP contribution in [0.15, 0.2) is 47.5 Å². The number of carbonyl (C=O) groups is 1. The summed E-state index contributed by atoms with van der Waals surface area (Å²) < 4.78 is 2.70. The molecule has 134 valence electrons. The summed E-state index contributed by atoms with van der Waals surface area (Å²) in [6.45, 7) is 2.64. The molecule has 3 aromatic rings. The van der Waals surface area contributed by atoms with Gasteiger partial charge in [-0.2, -0.15) is 16.8 Å². The molecule has 0 N–H and O–H groups in total. The second-order valence-corrected chi connectivity index (χ2v) is 7.72. The highest BCUT2D eigenvalue weighted by Gasteiger charge is 2.13. The number of amides is 1. The molecule has 0 saturated carbocycles. The van der Waals surface area contributed by atoms with Crippen molar-refractivity contribution in [1.82, 2.24) is 4.57 Å². The van der Waals surface area contributed by atoms with Gasteiger partial charge in [0.15, 0.2) is 4.80 Å². The molecule has 0 aliphatic heterocycles. The van der Waals surface area contributed by atoms with Gasteiger partial charge in [-0.15, -0.1) is 0 Å². The average Bonchev–Trinajstić information content (AvgIpc) is 2.96. The van der Waals surface area contributed by atoms with Crippen LogP contribution in [0.25, 0.3) is 10.2 Å². The number of carbonyl (C=O) groups excluding carboxylic acids is 1. The molecule has 26 heavy (non-hydrogen) atoms. The molecule has 0 unspecified atom stereocenters. The zero-order valence-electron chi connectivity index (χ0n) is 14.3. The van der Waals surface area contributed by atoms with Crippen molar-refractivity contribution in [3.8, 4) is 0 Å². The summed E-state index contributed by atoms with van der Waals surface area (Å²) >= 11 is 2.98. The van der Waals surface area contributed by atoms with E-state index in [2.05, 4.69) is 4.99 Å². The van der Waals surface area contributed by atoms with Crippen LogP contribution in [0.2, 0.25) is 0 Å². The SMILES string of the molecule is CSCCn1c(=NC(=O)c2ccc(C)cc2)sc2cc([N+](=O)[O-])ccc21. The van der Waals surface area contributed by atoms with E-state index in [-0.39, 0.29) is 11.6 Å². The maximum absolute atomic E-state index is 12.5. The zero-order valence-corrected chi connectivity index (χ0v) is 16.0. The maximum Gasteiger partial charge on any atom is 0.279 e. The van der Waals surface area contributed by atoms with Crippen LogP contribution in [0.1, 0.15) is 15.9 Å². The van der Waals surface area contributed by atoms with Gasteiger partial charge in [0.2, 0.25) is 0 Å². The molecule has 0 spiro atoms. The number of nitrogens with zero attached hydrogens (tertiary/aromatic N) is 3. The first kappa shape index (κ1) is 18.3. The van der Waals surface area contributed by atoms with Crippen molar-refractivity contribution in [3.63, 3.8) is 0 Å². The number of fused-ring (bicyclic) bond motifs is 1. The van der Waals surface area contributed by atoms with Crippen LogP contribution in [0.4, 0.5) is 5.69 Å². The quantitative estimate of drug-likeness (QED) is 0.489. The summed E-state index contributed by atoms with van der Waals surface area (Å²) in [6.07, 6.45) is 2.01. The minimum atomic E-state index is -0.417. The number of nitro groups is 1. The number of benzene rings is 2. The first-order valence-electron chi connectivity index (χ1n) is 7.92. The molecule has 0 fully saturated rings. The van der Waals surface area contributed by atoms with Crippen LogP contribution in [-0.4, -0.2) is 27.4 Å². The Labute approximate surface area is 158 Å². The average molecular weight is 387 g/mol. The molecule has 6 nitrogen and oxygen atoms in total. The van der Waals surface area contributed by atoms with E-state index in [0.29, 0.717) is 16.9 Å². The van der Waals surface area contributed by atoms with E-state index >= 15 is 0 Å². The van der Waals surface area contributed by atoms with Gasteiger partial charge in [-0.25, -0.2) is 0 Å². The standard InChI is InChI=1S/C18H17N3O3S2/c1-12-3-5-13(6-4-12)17(22)19-18-20(9-10-25-2)15-8-7-14(21(23)24)11-16(15)26-18/h3-8,11H,9-10H2,1-2H3. The Balaban J connectivity index is 2.11. The second-order valence-electron chi connectivity index (χ2n) is 5.72. The molecule has 0 bridgehead atoms. The minimum Gasteiger partial charge on any atom is -0.315 e. The van der Waals surface area contributed by atoms with Gasteiger partial charge >= 0.3 is 0 Å². The molecule has 1 amide bonds. The Bertz CT molecular complexity index is 1040. The number of thioether (sulfide) groups is 1. The largest absolute Gasteiger partial charge is 0.315 e. The molecule has 0 aliphatic rings. The van der Waals surface area contributed by atoms with Gasteiger partial charge < -0.3 is 4.57 Å². The summed E-state index contributed by atoms with van der Waals surface area (Å²) in [5.41, 5.74) is 2.48. The van der Waals surface area contributed by atoms with Gasteiger partial charge in [0.05, 0.1) is 15.1 Å². The van der Waals surface area contributed by atoms with Gasteiger partial charge in [0.1, 0.15) is 0 Å². The van der Waals surface area contributed by atoms with Crippen LogP contribution in [0.3, 0.4) is 0 Å². The van der Waals surface area contributed by atoms with Gasteiger partial charge in [-0.3, -0.25) is 14.9 Å². The summed E-state index contributed by atoms with van der Waals surface area (Å²) in [5, 5.41) is 11.0. The summed E-state index contributed by atoms with van der Waals surface area (Å²) in [5.74, 6) is 0.540. The van der Waals surface area contributed by atoms with E-state index in [0.717, 1.165) is 21.5 Å². The van der Waals surface area contributed by atoms with Crippen molar-refractivity contribution >= 4 is 44.9 Å². The monoisotopic (exact) mass is 387 g/mol. The zero-order chi connectivity index (χ0) is 18.7. The van der Waals surface area contributed by atoms with Crippen LogP contribution in [-0.2, 0) is 6.54 Å². The molecule has 8 heteroatoms. The highest BCUT2D eigenvalue weighted by molar-refractivity contribution is 7.98. The number of rotatable bonds is 5. The fourth-order valence-corrected chi connectivity index (χ4v) is 3.96. The number of thiazole rings is 1. The minimum absolute atomic E-state index is 0.0344. The number of aromatic nitrogens is 1. The number of hydrogen-bond acceptors (Lipinski definition) is 5. The Morgan fingerprint density at radius 3 is 2.65 bits per heavy atom. The van der Waals surface area contributed by atoms with Crippen LogP contribution in [0.5, 0.6) is 0 Å². The fraction of sp³-hybridized carbons (Fsp3) is 0.222. The molecule has 0 saturated heterocycles. The molecule has 2 aromatic carbocycles. The van der Waals surface area contributed by atoms with Crippen molar-refractivity contribution in [3.05, 3.63) is 68.5 Å². The lowest BCUT2D eigenvalue weighted by Gasteiger charge is -2.03. The lowest BCUT2D eigenvalue weighted by atomic mass is 10.1. The smallest absolute Gasteiger partial charge is 0.279 e. The number of hydrogen-bond donors (Lipinski definition) is 0. The van der Waals surface area contributed by atoms with Crippen molar-refractivity contribution in [2.45, 2.75) is 13.5 Å². The van der Waals surface area contributed by atoms with Gasteiger partial charge in [0, 0.05) is 30.0 Å². The fourth-order valence-electron chi connectivity index (χ4n) is 2.51. The third-order valence-electron chi connectivity index (χ3n) is 3.89. The molecule has 0 radical (unpaired) electrons. The Morgan fingerprint density at radius 1 is 1.27 bits per heavy atom. The Hall–Kier alpha value is -2.45. The maximum atomic E-state index is 12.5. The van der Waals surface area contributed by atoms with Gasteiger partial charge in [0.25, 0.3) is 11.6 Å². The van der Waals surface area contributed by atoms with Crippen molar-refractivity contribution in [2.24, 2.45) is 4.99 Å². The molecule has 1 heterocycles. The van der Waals surface area contributed by atoms with E-state index in [9.17, 15) is 14.9 Å². The first-order chi connectivity index (χ1) is 12.5. The van der Waals surface area contributed by atoms with E-state index in [1.807, 2.05) is 29.9 Å². The topological polar surface area (TPSA) is 77.5 Å². The van der Waals surface area contributed by atoms with Crippen molar-refractivity contribution in [2.75, 3.05) is 12.0 Å². The summed E-state index contributed by atoms with van der Waals surface area (Å²) in [7, 11) is 0. The highest BCUT2D eigenvalue weighted by atomic mass is 32.2. The highest BCUT2D eigenvalue weighted by Crippen LogP contribution is 2.23. The third kappa shape index (κ3) is 3.86. The number of non-ortho nitro benzene ring substituents is 1. The molecule has 0 aliphatic carbocycles. The Kier molecular flexibility index (Phi) is 5.53. The van der Waals surface area contributed by atoms with Gasteiger partial charge in [-0.1, -0.05) is 29.0 Å². The molecule has 1 aromatic heterocycles. The van der Waals surface area contributed by atoms with Crippen molar-refractivity contribution < 1.29 is 9.72 Å². The van der Waals surface area contributed by atoms with E-state index in [4.69, 9.17) is 0 Å². The molecular weight excluding hydrogens is 370 g/mol. The third-order valence-corrected chi connectivity index (χ3v) is 5.52. The lowest BCUT2D eigenvalue weighted by Crippen LogP contribution is -2.18. The number of nitro benzene ring substituents is 1. The van der Waals surface area contributed by atoms with Gasteiger partial charge in [-0.05, 0) is 31.4 Å². The van der Waals surface area contributed by atoms with Crippen LogP contribution >= 0.6 is 23.1 Å². The second kappa shape index (κ2) is 7.84. The van der Waals surface area contributed by atoms with E-state index < -0.39 is 4.92 Å². The molecular formula is C18H17N3O3S2. The predicted molar refractivity (Wildman–Crippen MR) is 106 cm³/mol. The summed E-state index contributed by atoms with van der Waals surface area (Å²) in [4.78, 5) is 28.0. The summed E-state index contributed by atoms with van der Waals surface area (Å²) in [6, 6.07) is 12.0. The van der Waals surface area contributed by atoms with Crippen LogP contribution < -0.4 is 4.80 Å². The normalized spacial score (nSPS) is 11.8. The first-order valence-corrected chi connectivity index (χ1v) is 10.1. The van der Waals surface area contributed by atoms with E-state index in [1.165, 1.54) is 23.5 Å². The molecule has 3 rings (SSSR count). The lowest BCUT2D eigenvalue weighted by molar-refractivity contribution is -0.384. The molecule has 0 atom stereocenters. The van der Waals surface area contributed by atoms with Crippen LogP contribution in [0, 0.1) is 17.0 Å². The Morgan fingerprint density at radius 2 is 2.00 bits per heavy atom. The predicted octanol–water partition coefficient (Wildman–Crippen LogP) is 4.02. The van der Waals surface area contributed by atoms with E-state index in [1.54, 1.807) is 30.0 Å². The van der Waals surface area contributed by atoms with Crippen molar-refractivity contribution in [1.29, 1.82) is 0 Å².